The number of benzene rings is 2. The Labute approximate surface area is 110 Å². The quantitative estimate of drug-likeness (QED) is 0.909. The maximum Gasteiger partial charge on any atom is 0.184 e. The molecule has 0 heterocycles. The van der Waals surface area contributed by atoms with Gasteiger partial charge in [0.25, 0.3) is 0 Å². The largest absolute Gasteiger partial charge is 0.454 e. The van der Waals surface area contributed by atoms with E-state index in [1.807, 2.05) is 19.1 Å². The summed E-state index contributed by atoms with van der Waals surface area (Å²) in [6.45, 7) is 2.30. The number of halogens is 2. The first-order valence-corrected chi connectivity index (χ1v) is 5.91. The molecule has 0 spiro atoms. The summed E-state index contributed by atoms with van der Waals surface area (Å²) >= 11 is 5.70. The lowest BCUT2D eigenvalue weighted by atomic mass is 10.1. The van der Waals surface area contributed by atoms with Crippen LogP contribution in [0.2, 0.25) is 5.02 Å². The van der Waals surface area contributed by atoms with Gasteiger partial charge in [-0.1, -0.05) is 29.8 Å². The number of nitrogens with two attached hydrogens (primary N) is 1. The molecule has 2 nitrogen and oxygen atoms in total. The van der Waals surface area contributed by atoms with Crippen molar-refractivity contribution in [1.82, 2.24) is 0 Å². The minimum absolute atomic E-state index is 0.0418. The lowest BCUT2D eigenvalue weighted by Crippen LogP contribution is -1.98. The predicted molar refractivity (Wildman–Crippen MR) is 70.6 cm³/mol. The Hall–Kier alpha value is -1.58. The average Bonchev–Trinajstić information content (AvgIpc) is 2.37. The summed E-state index contributed by atoms with van der Waals surface area (Å²) in [5, 5.41) is 0.0418. The molecule has 0 aliphatic heterocycles. The predicted octanol–water partition coefficient (Wildman–Crippen LogP) is 4.04. The molecule has 0 aliphatic carbocycles. The molecule has 0 amide bonds. The molecule has 18 heavy (non-hydrogen) atoms. The first-order valence-electron chi connectivity index (χ1n) is 5.53. The number of rotatable bonds is 3. The van der Waals surface area contributed by atoms with Crippen LogP contribution < -0.4 is 10.5 Å². The zero-order chi connectivity index (χ0) is 13.1. The summed E-state index contributed by atoms with van der Waals surface area (Å²) in [6, 6.07) is 10.3. The van der Waals surface area contributed by atoms with E-state index in [0.717, 1.165) is 11.1 Å². The number of ether oxygens (including phenoxy) is 1. The summed E-state index contributed by atoms with van der Waals surface area (Å²) < 4.78 is 19.3. The van der Waals surface area contributed by atoms with Gasteiger partial charge in [0.2, 0.25) is 0 Å². The Kier molecular flexibility index (Phi) is 3.84. The highest BCUT2D eigenvalue weighted by atomic mass is 35.5. The van der Waals surface area contributed by atoms with Crippen LogP contribution >= 0.6 is 11.6 Å². The van der Waals surface area contributed by atoms with Crippen LogP contribution in [0.5, 0.6) is 11.5 Å². The number of hydrogen-bond donors (Lipinski definition) is 1. The van der Waals surface area contributed by atoms with Crippen LogP contribution in [0.3, 0.4) is 0 Å². The first kappa shape index (κ1) is 12.9. The smallest absolute Gasteiger partial charge is 0.184 e. The Balaban J connectivity index is 2.36. The normalized spacial score (nSPS) is 10.4. The van der Waals surface area contributed by atoms with Crippen molar-refractivity contribution in [3.63, 3.8) is 0 Å². The topological polar surface area (TPSA) is 35.2 Å². The van der Waals surface area contributed by atoms with E-state index in [0.29, 0.717) is 12.3 Å². The Morgan fingerprint density at radius 3 is 2.72 bits per heavy atom. The van der Waals surface area contributed by atoms with Gasteiger partial charge in [-0.15, -0.1) is 0 Å². The molecular formula is C14H13ClFNO. The summed E-state index contributed by atoms with van der Waals surface area (Å²) in [4.78, 5) is 0. The van der Waals surface area contributed by atoms with Gasteiger partial charge in [0.15, 0.2) is 11.6 Å². The SMILES string of the molecule is Cc1ccc(CN)cc1Oc1cccc(Cl)c1F. The van der Waals surface area contributed by atoms with Gasteiger partial charge in [0.1, 0.15) is 5.75 Å². The third kappa shape index (κ3) is 2.63. The molecular weight excluding hydrogens is 253 g/mol. The van der Waals surface area contributed by atoms with Crippen LogP contribution in [-0.4, -0.2) is 0 Å². The Morgan fingerprint density at radius 1 is 1.22 bits per heavy atom. The van der Waals surface area contributed by atoms with E-state index in [-0.39, 0.29) is 10.8 Å². The van der Waals surface area contributed by atoms with E-state index >= 15 is 0 Å². The van der Waals surface area contributed by atoms with Crippen molar-refractivity contribution in [2.75, 3.05) is 0 Å². The highest BCUT2D eigenvalue weighted by Crippen LogP contribution is 2.30. The summed E-state index contributed by atoms with van der Waals surface area (Å²) in [5.41, 5.74) is 7.40. The van der Waals surface area contributed by atoms with Crippen molar-refractivity contribution in [2.24, 2.45) is 5.73 Å². The standard InChI is InChI=1S/C14H13ClFNO/c1-9-5-6-10(8-17)7-13(9)18-12-4-2-3-11(15)14(12)16/h2-7H,8,17H2,1H3. The molecule has 0 saturated carbocycles. The van der Waals surface area contributed by atoms with Crippen molar-refractivity contribution in [3.05, 3.63) is 58.4 Å². The molecule has 0 aliphatic rings. The summed E-state index contributed by atoms with van der Waals surface area (Å²) in [6.07, 6.45) is 0. The van der Waals surface area contributed by atoms with E-state index in [2.05, 4.69) is 0 Å². The number of hydrogen-bond acceptors (Lipinski definition) is 2. The van der Waals surface area contributed by atoms with Crippen LogP contribution in [0.15, 0.2) is 36.4 Å². The minimum atomic E-state index is -0.559. The fraction of sp³-hybridized carbons (Fsp3) is 0.143. The zero-order valence-electron chi connectivity index (χ0n) is 9.91. The summed E-state index contributed by atoms with van der Waals surface area (Å²) in [5.74, 6) is 0.135. The van der Waals surface area contributed by atoms with Crippen LogP contribution in [-0.2, 0) is 6.54 Å². The molecule has 0 unspecified atom stereocenters. The van der Waals surface area contributed by atoms with Gasteiger partial charge < -0.3 is 10.5 Å². The molecule has 2 aromatic rings. The maximum absolute atomic E-state index is 13.7. The Morgan fingerprint density at radius 2 is 2.00 bits per heavy atom. The van der Waals surface area contributed by atoms with Gasteiger partial charge in [0.05, 0.1) is 5.02 Å². The molecule has 0 atom stereocenters. The maximum atomic E-state index is 13.7. The van der Waals surface area contributed by atoms with Crippen molar-refractivity contribution in [3.8, 4) is 11.5 Å². The second-order valence-corrected chi connectivity index (χ2v) is 4.37. The van der Waals surface area contributed by atoms with Gasteiger partial charge in [-0.3, -0.25) is 0 Å². The number of aryl methyl sites for hydroxylation is 1. The highest BCUT2D eigenvalue weighted by Gasteiger charge is 2.10. The molecule has 0 radical (unpaired) electrons. The fourth-order valence-electron chi connectivity index (χ4n) is 1.56. The second-order valence-electron chi connectivity index (χ2n) is 3.96. The highest BCUT2D eigenvalue weighted by molar-refractivity contribution is 6.30. The van der Waals surface area contributed by atoms with Crippen molar-refractivity contribution in [1.29, 1.82) is 0 Å². The fourth-order valence-corrected chi connectivity index (χ4v) is 1.73. The minimum Gasteiger partial charge on any atom is -0.454 e. The van der Waals surface area contributed by atoms with Gasteiger partial charge in [0, 0.05) is 6.54 Å². The third-order valence-electron chi connectivity index (χ3n) is 2.62. The van der Waals surface area contributed by atoms with Crippen LogP contribution in [0.4, 0.5) is 4.39 Å². The average molecular weight is 266 g/mol. The van der Waals surface area contributed by atoms with E-state index < -0.39 is 5.82 Å². The first-order chi connectivity index (χ1) is 8.61. The van der Waals surface area contributed by atoms with Gasteiger partial charge in [-0.05, 0) is 36.2 Å². The van der Waals surface area contributed by atoms with E-state index in [4.69, 9.17) is 22.1 Å². The molecule has 0 fully saturated rings. The van der Waals surface area contributed by atoms with Crippen LogP contribution in [0.1, 0.15) is 11.1 Å². The molecule has 2 rings (SSSR count). The molecule has 0 saturated heterocycles. The molecule has 94 valence electrons. The Bertz CT molecular complexity index is 572. The van der Waals surface area contributed by atoms with E-state index in [1.54, 1.807) is 12.1 Å². The zero-order valence-corrected chi connectivity index (χ0v) is 10.7. The van der Waals surface area contributed by atoms with Crippen molar-refractivity contribution in [2.45, 2.75) is 13.5 Å². The lowest BCUT2D eigenvalue weighted by Gasteiger charge is -2.11. The van der Waals surface area contributed by atoms with Crippen LogP contribution in [0.25, 0.3) is 0 Å². The van der Waals surface area contributed by atoms with Gasteiger partial charge in [-0.2, -0.15) is 0 Å². The van der Waals surface area contributed by atoms with E-state index in [1.165, 1.54) is 12.1 Å². The van der Waals surface area contributed by atoms with E-state index in [9.17, 15) is 4.39 Å². The van der Waals surface area contributed by atoms with Gasteiger partial charge in [-0.25, -0.2) is 4.39 Å². The van der Waals surface area contributed by atoms with Crippen LogP contribution in [0, 0.1) is 12.7 Å². The molecule has 2 aromatic carbocycles. The lowest BCUT2D eigenvalue weighted by molar-refractivity contribution is 0.439. The second kappa shape index (κ2) is 5.38. The van der Waals surface area contributed by atoms with Crippen molar-refractivity contribution < 1.29 is 9.13 Å². The van der Waals surface area contributed by atoms with Gasteiger partial charge >= 0.3 is 0 Å². The summed E-state index contributed by atoms with van der Waals surface area (Å²) in [7, 11) is 0. The molecule has 2 N–H and O–H groups in total. The molecule has 0 aromatic heterocycles. The third-order valence-corrected chi connectivity index (χ3v) is 2.92. The molecule has 0 bridgehead atoms. The molecule has 4 heteroatoms. The van der Waals surface area contributed by atoms with Crippen molar-refractivity contribution >= 4 is 11.6 Å². The monoisotopic (exact) mass is 265 g/mol.